The normalized spacial score (nSPS) is 20.2. The summed E-state index contributed by atoms with van der Waals surface area (Å²) in [5.74, 6) is -0.953. The molecule has 0 aliphatic carbocycles. The molecule has 1 saturated heterocycles. The van der Waals surface area contributed by atoms with Crippen molar-refractivity contribution >= 4 is 52.2 Å². The standard InChI is InChI=1S/C26H25N3O5S2/c1-14-6-5-7-15(12-14)27-18(30)13-28-24-21(36-25(28)33)26(2,3)19-20(35-24)23(32)29(22(19)31)16-8-10-17(34-4)11-9-16/h5-12,19-20H,13H2,1-4H3,(H,27,30)/t19-,20+/m1/s1. The lowest BCUT2D eigenvalue weighted by Gasteiger charge is -2.36. The van der Waals surface area contributed by atoms with Gasteiger partial charge in [0.25, 0.3) is 0 Å². The van der Waals surface area contributed by atoms with E-state index in [1.807, 2.05) is 39.0 Å². The molecule has 1 aromatic heterocycles. The van der Waals surface area contributed by atoms with E-state index >= 15 is 0 Å². The van der Waals surface area contributed by atoms with Crippen molar-refractivity contribution < 1.29 is 19.1 Å². The third kappa shape index (κ3) is 3.94. The molecule has 1 N–H and O–H groups in total. The average molecular weight is 524 g/mol. The highest BCUT2D eigenvalue weighted by Gasteiger charge is 2.59. The molecule has 3 amide bonds. The van der Waals surface area contributed by atoms with Gasteiger partial charge in [0, 0.05) is 16.0 Å². The highest BCUT2D eigenvalue weighted by molar-refractivity contribution is 8.00. The zero-order valence-corrected chi connectivity index (χ0v) is 21.9. The van der Waals surface area contributed by atoms with Crippen LogP contribution >= 0.6 is 23.1 Å². The lowest BCUT2D eigenvalue weighted by molar-refractivity contribution is -0.123. The molecule has 0 radical (unpaired) electrons. The summed E-state index contributed by atoms with van der Waals surface area (Å²) in [5, 5.41) is 2.72. The van der Waals surface area contributed by atoms with Gasteiger partial charge >= 0.3 is 4.87 Å². The minimum Gasteiger partial charge on any atom is -0.497 e. The molecule has 186 valence electrons. The zero-order chi connectivity index (χ0) is 25.8. The quantitative estimate of drug-likeness (QED) is 0.511. The topological polar surface area (TPSA) is 97.7 Å². The number of hydrogen-bond donors (Lipinski definition) is 1. The maximum absolute atomic E-state index is 13.5. The van der Waals surface area contributed by atoms with Crippen LogP contribution in [0, 0.1) is 12.8 Å². The summed E-state index contributed by atoms with van der Waals surface area (Å²) >= 11 is 2.24. The molecule has 0 spiro atoms. The molecule has 0 bridgehead atoms. The van der Waals surface area contributed by atoms with Crippen molar-refractivity contribution in [2.24, 2.45) is 5.92 Å². The number of aryl methyl sites for hydroxylation is 1. The molecule has 2 atom stereocenters. The Labute approximate surface area is 216 Å². The molecule has 10 heteroatoms. The Balaban J connectivity index is 1.46. The molecule has 0 saturated carbocycles. The van der Waals surface area contributed by atoms with Crippen LogP contribution in [0.4, 0.5) is 11.4 Å². The van der Waals surface area contributed by atoms with Crippen molar-refractivity contribution in [2.45, 2.75) is 43.0 Å². The highest BCUT2D eigenvalue weighted by atomic mass is 32.2. The summed E-state index contributed by atoms with van der Waals surface area (Å²) in [7, 11) is 1.55. The predicted octanol–water partition coefficient (Wildman–Crippen LogP) is 3.81. The van der Waals surface area contributed by atoms with E-state index in [9.17, 15) is 19.2 Å². The van der Waals surface area contributed by atoms with Gasteiger partial charge in [-0.2, -0.15) is 0 Å². The van der Waals surface area contributed by atoms with Gasteiger partial charge in [-0.25, -0.2) is 4.90 Å². The number of aromatic nitrogens is 1. The van der Waals surface area contributed by atoms with Crippen LogP contribution in [0.15, 0.2) is 58.4 Å². The van der Waals surface area contributed by atoms with E-state index in [0.717, 1.165) is 21.8 Å². The number of carbonyl (C=O) groups is 3. The number of carbonyl (C=O) groups excluding carboxylic acids is 3. The van der Waals surface area contributed by atoms with Crippen molar-refractivity contribution in [1.29, 1.82) is 0 Å². The number of methoxy groups -OCH3 is 1. The fourth-order valence-corrected chi connectivity index (χ4v) is 7.86. The molecule has 0 unspecified atom stereocenters. The lowest BCUT2D eigenvalue weighted by Crippen LogP contribution is -2.41. The van der Waals surface area contributed by atoms with Gasteiger partial charge in [0.05, 0.1) is 23.7 Å². The van der Waals surface area contributed by atoms with Crippen LogP contribution in [0.2, 0.25) is 0 Å². The van der Waals surface area contributed by atoms with Crippen LogP contribution in [-0.2, 0) is 26.3 Å². The minimum absolute atomic E-state index is 0.177. The maximum atomic E-state index is 13.5. The first kappa shape index (κ1) is 24.3. The molecule has 2 aliphatic rings. The van der Waals surface area contributed by atoms with E-state index < -0.39 is 16.6 Å². The van der Waals surface area contributed by atoms with Crippen LogP contribution in [0.1, 0.15) is 24.3 Å². The van der Waals surface area contributed by atoms with Gasteiger partial charge in [0.15, 0.2) is 0 Å². The van der Waals surface area contributed by atoms with Crippen molar-refractivity contribution in [1.82, 2.24) is 4.57 Å². The SMILES string of the molecule is COc1ccc(N2C(=O)[C@H]3Sc4c(sc(=O)n4CC(=O)Nc4cccc(C)c4)C(C)(C)[C@H]3C2=O)cc1. The van der Waals surface area contributed by atoms with Gasteiger partial charge < -0.3 is 10.1 Å². The number of fused-ring (bicyclic) bond motifs is 2. The summed E-state index contributed by atoms with van der Waals surface area (Å²) in [6, 6.07) is 14.2. The molecular weight excluding hydrogens is 498 g/mol. The van der Waals surface area contributed by atoms with Gasteiger partial charge in [-0.15, -0.1) is 0 Å². The Morgan fingerprint density at radius 2 is 1.81 bits per heavy atom. The predicted molar refractivity (Wildman–Crippen MR) is 140 cm³/mol. The number of rotatable bonds is 5. The third-order valence-corrected chi connectivity index (χ3v) is 9.46. The van der Waals surface area contributed by atoms with E-state index in [2.05, 4.69) is 5.32 Å². The fourth-order valence-electron chi connectivity index (χ4n) is 4.82. The number of thiazole rings is 1. The number of ether oxygens (including phenoxy) is 1. The molecule has 2 aliphatic heterocycles. The number of nitrogens with zero attached hydrogens (tertiary/aromatic N) is 2. The number of benzene rings is 2. The summed E-state index contributed by atoms with van der Waals surface area (Å²) in [6.45, 7) is 5.53. The van der Waals surface area contributed by atoms with E-state index in [0.29, 0.717) is 22.2 Å². The fraction of sp³-hybridized carbons (Fsp3) is 0.308. The van der Waals surface area contributed by atoms with Gasteiger partial charge in [-0.05, 0) is 48.9 Å². The smallest absolute Gasteiger partial charge is 0.308 e. The lowest BCUT2D eigenvalue weighted by atomic mass is 9.76. The first-order valence-corrected chi connectivity index (χ1v) is 13.1. The maximum Gasteiger partial charge on any atom is 0.308 e. The van der Waals surface area contributed by atoms with Crippen LogP contribution in [0.25, 0.3) is 0 Å². The monoisotopic (exact) mass is 523 g/mol. The van der Waals surface area contributed by atoms with Crippen LogP contribution in [-0.4, -0.2) is 34.6 Å². The summed E-state index contributed by atoms with van der Waals surface area (Å²) in [5.41, 5.74) is 1.38. The summed E-state index contributed by atoms with van der Waals surface area (Å²) < 4.78 is 6.61. The zero-order valence-electron chi connectivity index (χ0n) is 20.2. The average Bonchev–Trinajstić information content (AvgIpc) is 3.28. The number of thioether (sulfide) groups is 1. The molecule has 2 aromatic carbocycles. The van der Waals surface area contributed by atoms with Gasteiger partial charge in [0.1, 0.15) is 17.5 Å². The summed E-state index contributed by atoms with van der Waals surface area (Å²) in [6.07, 6.45) is 0. The Morgan fingerprint density at radius 1 is 1.08 bits per heavy atom. The molecule has 36 heavy (non-hydrogen) atoms. The Hall–Kier alpha value is -3.37. The molecule has 1 fully saturated rings. The summed E-state index contributed by atoms with van der Waals surface area (Å²) in [4.78, 5) is 54.5. The van der Waals surface area contributed by atoms with E-state index in [4.69, 9.17) is 4.74 Å². The Kier molecular flexibility index (Phi) is 6.04. The molecule has 3 heterocycles. The van der Waals surface area contributed by atoms with Gasteiger partial charge in [0.2, 0.25) is 17.7 Å². The first-order chi connectivity index (χ1) is 17.1. The van der Waals surface area contributed by atoms with Crippen molar-refractivity contribution in [3.63, 3.8) is 0 Å². The number of amides is 3. The highest BCUT2D eigenvalue weighted by Crippen LogP contribution is 2.54. The molecular formula is C26H25N3O5S2. The second kappa shape index (κ2) is 8.94. The van der Waals surface area contributed by atoms with Crippen molar-refractivity contribution in [2.75, 3.05) is 17.3 Å². The third-order valence-electron chi connectivity index (χ3n) is 6.64. The van der Waals surface area contributed by atoms with Gasteiger partial charge in [-0.3, -0.25) is 23.7 Å². The van der Waals surface area contributed by atoms with E-state index in [1.54, 1.807) is 37.4 Å². The second-order valence-electron chi connectivity index (χ2n) is 9.45. The molecule has 8 nitrogen and oxygen atoms in total. The largest absolute Gasteiger partial charge is 0.497 e. The van der Waals surface area contributed by atoms with E-state index in [1.165, 1.54) is 21.2 Å². The van der Waals surface area contributed by atoms with E-state index in [-0.39, 0.29) is 29.1 Å². The molecule has 5 rings (SSSR count). The second-order valence-corrected chi connectivity index (χ2v) is 11.5. The number of anilines is 2. The van der Waals surface area contributed by atoms with Crippen LogP contribution in [0.3, 0.4) is 0 Å². The Morgan fingerprint density at radius 3 is 2.47 bits per heavy atom. The van der Waals surface area contributed by atoms with Crippen LogP contribution in [0.5, 0.6) is 5.75 Å². The first-order valence-electron chi connectivity index (χ1n) is 11.4. The number of nitrogens with one attached hydrogen (secondary N) is 1. The van der Waals surface area contributed by atoms with Crippen LogP contribution < -0.4 is 19.8 Å². The molecule has 3 aromatic rings. The Bertz CT molecular complexity index is 1440. The van der Waals surface area contributed by atoms with Gasteiger partial charge in [-0.1, -0.05) is 49.1 Å². The number of hydrogen-bond acceptors (Lipinski definition) is 7. The number of imide groups is 1. The van der Waals surface area contributed by atoms with Crippen molar-refractivity contribution in [3.8, 4) is 5.75 Å². The minimum atomic E-state index is -0.763. The van der Waals surface area contributed by atoms with Crippen molar-refractivity contribution in [3.05, 3.63) is 68.6 Å².